The standard InChI is InChI=1S/C6H3ClN2O2S/c1-8-5-3-2-4-6(9-5)12(7,10)11/h2-4H. The number of pyridine rings is 1. The van der Waals surface area contributed by atoms with Gasteiger partial charge in [-0.25, -0.2) is 8.42 Å². The number of hydrogen-bond donors (Lipinski definition) is 0. The first-order valence-corrected chi connectivity index (χ1v) is 5.14. The van der Waals surface area contributed by atoms with E-state index < -0.39 is 9.05 Å². The zero-order valence-electron chi connectivity index (χ0n) is 5.73. The van der Waals surface area contributed by atoms with Gasteiger partial charge in [-0.15, -0.1) is 4.98 Å². The van der Waals surface area contributed by atoms with E-state index in [-0.39, 0.29) is 10.8 Å². The van der Waals surface area contributed by atoms with Gasteiger partial charge in [0.2, 0.25) is 0 Å². The predicted octanol–water partition coefficient (Wildman–Crippen LogP) is 1.56. The van der Waals surface area contributed by atoms with Crippen molar-refractivity contribution >= 4 is 25.6 Å². The minimum Gasteiger partial charge on any atom is -0.361 e. The fraction of sp³-hybridized carbons (Fsp3) is 0. The van der Waals surface area contributed by atoms with E-state index in [1.54, 1.807) is 0 Å². The summed E-state index contributed by atoms with van der Waals surface area (Å²) in [6.07, 6.45) is 0. The Morgan fingerprint density at radius 3 is 2.67 bits per heavy atom. The van der Waals surface area contributed by atoms with Crippen molar-refractivity contribution in [1.82, 2.24) is 4.98 Å². The van der Waals surface area contributed by atoms with Gasteiger partial charge in [0.25, 0.3) is 10.8 Å². The first kappa shape index (κ1) is 8.97. The molecule has 0 radical (unpaired) electrons. The van der Waals surface area contributed by atoms with Gasteiger partial charge in [0.15, 0.2) is 0 Å². The molecule has 62 valence electrons. The summed E-state index contributed by atoms with van der Waals surface area (Å²) in [7, 11) is 1.18. The molecule has 1 rings (SSSR count). The Morgan fingerprint density at radius 2 is 2.17 bits per heavy atom. The summed E-state index contributed by atoms with van der Waals surface area (Å²) >= 11 is 0. The lowest BCUT2D eigenvalue weighted by Gasteiger charge is -1.90. The molecule has 0 amide bonds. The van der Waals surface area contributed by atoms with Gasteiger partial charge in [0.1, 0.15) is 0 Å². The Morgan fingerprint density at radius 1 is 1.50 bits per heavy atom. The second-order valence-corrected chi connectivity index (χ2v) is 4.40. The van der Waals surface area contributed by atoms with E-state index in [0.29, 0.717) is 0 Å². The third-order valence-electron chi connectivity index (χ3n) is 1.07. The Labute approximate surface area is 74.1 Å². The van der Waals surface area contributed by atoms with E-state index in [2.05, 4.69) is 9.83 Å². The number of halogens is 1. The van der Waals surface area contributed by atoms with E-state index >= 15 is 0 Å². The summed E-state index contributed by atoms with van der Waals surface area (Å²) in [6.45, 7) is 6.57. The average Bonchev–Trinajstić information content (AvgIpc) is 2.03. The van der Waals surface area contributed by atoms with Crippen molar-refractivity contribution in [2.75, 3.05) is 0 Å². The molecule has 0 bridgehead atoms. The SMILES string of the molecule is [C-]#[N+]c1cccc(S(=O)(=O)Cl)n1. The fourth-order valence-corrected chi connectivity index (χ4v) is 1.30. The lowest BCUT2D eigenvalue weighted by atomic mass is 10.5. The van der Waals surface area contributed by atoms with Crippen LogP contribution in [0.5, 0.6) is 0 Å². The number of nitrogens with zero attached hydrogens (tertiary/aromatic N) is 2. The van der Waals surface area contributed by atoms with Gasteiger partial charge in [-0.1, -0.05) is 12.6 Å². The number of rotatable bonds is 1. The molecule has 1 aromatic heterocycles. The first-order chi connectivity index (χ1) is 5.54. The van der Waals surface area contributed by atoms with Crippen LogP contribution >= 0.6 is 10.7 Å². The molecular weight excluding hydrogens is 200 g/mol. The molecule has 0 fully saturated rings. The molecule has 0 aliphatic carbocycles. The highest BCUT2D eigenvalue weighted by Gasteiger charge is 2.15. The highest BCUT2D eigenvalue weighted by atomic mass is 35.7. The molecule has 1 heterocycles. The zero-order chi connectivity index (χ0) is 9.19. The summed E-state index contributed by atoms with van der Waals surface area (Å²) in [5.74, 6) is 0.0109. The molecule has 0 atom stereocenters. The molecule has 0 aromatic carbocycles. The summed E-state index contributed by atoms with van der Waals surface area (Å²) in [4.78, 5) is 6.45. The van der Waals surface area contributed by atoms with Gasteiger partial charge in [0.05, 0.1) is 0 Å². The second-order valence-electron chi connectivity index (χ2n) is 1.88. The van der Waals surface area contributed by atoms with Crippen LogP contribution in [0, 0.1) is 6.57 Å². The molecule has 1 aromatic rings. The monoisotopic (exact) mass is 202 g/mol. The highest BCUT2D eigenvalue weighted by molar-refractivity contribution is 8.13. The van der Waals surface area contributed by atoms with Gasteiger partial charge in [0, 0.05) is 10.7 Å². The molecule has 4 nitrogen and oxygen atoms in total. The lowest BCUT2D eigenvalue weighted by molar-refractivity contribution is 0.606. The van der Waals surface area contributed by atoms with Crippen LogP contribution in [0.1, 0.15) is 0 Å². The Hall–Kier alpha value is -1.12. The summed E-state index contributed by atoms with van der Waals surface area (Å²) in [5, 5.41) is -0.294. The molecule has 0 unspecified atom stereocenters. The van der Waals surface area contributed by atoms with E-state index in [0.717, 1.165) is 0 Å². The van der Waals surface area contributed by atoms with Crippen LogP contribution in [0.4, 0.5) is 5.82 Å². The Balaban J connectivity index is 3.32. The molecule has 6 heteroatoms. The van der Waals surface area contributed by atoms with Crippen LogP contribution in [0.25, 0.3) is 4.85 Å². The third-order valence-corrected chi connectivity index (χ3v) is 2.27. The highest BCUT2D eigenvalue weighted by Crippen LogP contribution is 2.15. The van der Waals surface area contributed by atoms with Crippen LogP contribution in [0.15, 0.2) is 23.2 Å². The van der Waals surface area contributed by atoms with Crippen LogP contribution in [-0.2, 0) is 9.05 Å². The molecular formula is C6H3ClN2O2S. The first-order valence-electron chi connectivity index (χ1n) is 2.83. The van der Waals surface area contributed by atoms with Crippen LogP contribution in [0.2, 0.25) is 0 Å². The molecule has 0 aliphatic rings. The zero-order valence-corrected chi connectivity index (χ0v) is 7.30. The van der Waals surface area contributed by atoms with Gasteiger partial charge < -0.3 is 4.85 Å². The van der Waals surface area contributed by atoms with Crippen molar-refractivity contribution in [3.8, 4) is 0 Å². The Bertz CT molecular complexity index is 435. The van der Waals surface area contributed by atoms with Crippen LogP contribution < -0.4 is 0 Å². The van der Waals surface area contributed by atoms with Crippen molar-refractivity contribution in [2.45, 2.75) is 5.03 Å². The summed E-state index contributed by atoms with van der Waals surface area (Å²) < 4.78 is 21.4. The van der Waals surface area contributed by atoms with E-state index in [9.17, 15) is 8.42 Å². The fourth-order valence-electron chi connectivity index (χ4n) is 0.602. The van der Waals surface area contributed by atoms with Gasteiger partial charge in [-0.05, 0) is 12.1 Å². The average molecular weight is 203 g/mol. The molecule has 0 N–H and O–H groups in total. The maximum Gasteiger partial charge on any atom is 0.300 e. The molecule has 0 aliphatic heterocycles. The van der Waals surface area contributed by atoms with E-state index in [4.69, 9.17) is 17.3 Å². The maximum atomic E-state index is 10.7. The van der Waals surface area contributed by atoms with Gasteiger partial charge in [-0.3, -0.25) is 0 Å². The third kappa shape index (κ3) is 1.94. The minimum atomic E-state index is -3.82. The van der Waals surface area contributed by atoms with Crippen molar-refractivity contribution in [1.29, 1.82) is 0 Å². The van der Waals surface area contributed by atoms with Crippen molar-refractivity contribution in [3.63, 3.8) is 0 Å². The number of aromatic nitrogens is 1. The van der Waals surface area contributed by atoms with Crippen molar-refractivity contribution < 1.29 is 8.42 Å². The van der Waals surface area contributed by atoms with Gasteiger partial charge in [-0.2, -0.15) is 0 Å². The quantitative estimate of drug-likeness (QED) is 0.513. The minimum absolute atomic E-state index is 0.0109. The van der Waals surface area contributed by atoms with E-state index in [1.165, 1.54) is 18.2 Å². The molecule has 12 heavy (non-hydrogen) atoms. The summed E-state index contributed by atoms with van der Waals surface area (Å²) in [5.41, 5.74) is 0. The van der Waals surface area contributed by atoms with E-state index in [1.807, 2.05) is 0 Å². The lowest BCUT2D eigenvalue weighted by Crippen LogP contribution is -1.93. The predicted molar refractivity (Wildman–Crippen MR) is 43.5 cm³/mol. The van der Waals surface area contributed by atoms with Crippen LogP contribution in [-0.4, -0.2) is 13.4 Å². The molecule has 0 spiro atoms. The second kappa shape index (κ2) is 3.09. The number of hydrogen-bond acceptors (Lipinski definition) is 3. The normalized spacial score (nSPS) is 10.7. The summed E-state index contributed by atoms with van der Waals surface area (Å²) in [6, 6.07) is 4.05. The van der Waals surface area contributed by atoms with Crippen molar-refractivity contribution in [3.05, 3.63) is 29.6 Å². The van der Waals surface area contributed by atoms with Crippen LogP contribution in [0.3, 0.4) is 0 Å². The Kier molecular flexibility index (Phi) is 2.31. The maximum absolute atomic E-state index is 10.7. The largest absolute Gasteiger partial charge is 0.361 e. The molecule has 0 saturated heterocycles. The topological polar surface area (TPSA) is 51.4 Å². The van der Waals surface area contributed by atoms with Crippen molar-refractivity contribution in [2.24, 2.45) is 0 Å². The molecule has 0 saturated carbocycles. The van der Waals surface area contributed by atoms with Gasteiger partial charge >= 0.3 is 9.05 Å². The smallest absolute Gasteiger partial charge is 0.300 e.